The number of aliphatic hydroxyl groups is 1. The highest BCUT2D eigenvalue weighted by Crippen LogP contribution is 2.00. The maximum absolute atomic E-state index is 11.1. The van der Waals surface area contributed by atoms with Gasteiger partial charge in [-0.15, -0.1) is 0 Å². The van der Waals surface area contributed by atoms with Crippen molar-refractivity contribution in [3.8, 4) is 0 Å². The molecule has 2 N–H and O–H groups in total. The summed E-state index contributed by atoms with van der Waals surface area (Å²) in [7, 11) is 0. The summed E-state index contributed by atoms with van der Waals surface area (Å²) in [4.78, 5) is 11.1. The van der Waals surface area contributed by atoms with Crippen LogP contribution in [-0.2, 0) is 11.3 Å². The van der Waals surface area contributed by atoms with Crippen LogP contribution in [-0.4, -0.2) is 33.9 Å². The van der Waals surface area contributed by atoms with E-state index < -0.39 is 0 Å². The lowest BCUT2D eigenvalue weighted by atomic mass is 10.5. The van der Waals surface area contributed by atoms with Crippen LogP contribution in [0.25, 0.3) is 0 Å². The van der Waals surface area contributed by atoms with Crippen molar-refractivity contribution < 1.29 is 9.90 Å². The van der Waals surface area contributed by atoms with E-state index >= 15 is 0 Å². The molecule has 0 saturated heterocycles. The number of halogens is 1. The quantitative estimate of drug-likeness (QED) is 0.743. The van der Waals surface area contributed by atoms with E-state index in [0.29, 0.717) is 0 Å². The second-order valence-electron chi connectivity index (χ2n) is 2.43. The molecule has 0 aromatic carbocycles. The SMILES string of the molecule is O=C(Cn1cc(I)cn1)NCCO. The van der Waals surface area contributed by atoms with Crippen LogP contribution in [0.15, 0.2) is 12.4 Å². The molecule has 0 bridgehead atoms. The van der Waals surface area contributed by atoms with E-state index in [2.05, 4.69) is 33.0 Å². The van der Waals surface area contributed by atoms with Gasteiger partial charge in [0.05, 0.1) is 16.4 Å². The Hall–Kier alpha value is -0.630. The van der Waals surface area contributed by atoms with Gasteiger partial charge in [0.2, 0.25) is 5.91 Å². The second kappa shape index (κ2) is 5.18. The summed E-state index contributed by atoms with van der Waals surface area (Å²) in [6.45, 7) is 0.447. The van der Waals surface area contributed by atoms with Crippen molar-refractivity contribution in [3.63, 3.8) is 0 Å². The Labute approximate surface area is 89.3 Å². The molecule has 0 unspecified atom stereocenters. The second-order valence-corrected chi connectivity index (χ2v) is 3.68. The molecule has 1 aromatic heterocycles. The predicted octanol–water partition coefficient (Wildman–Crippen LogP) is -0.404. The fourth-order valence-corrected chi connectivity index (χ4v) is 1.27. The van der Waals surface area contributed by atoms with E-state index in [0.717, 1.165) is 3.57 Å². The molecule has 0 radical (unpaired) electrons. The van der Waals surface area contributed by atoms with Crippen LogP contribution in [0.2, 0.25) is 0 Å². The van der Waals surface area contributed by atoms with E-state index in [9.17, 15) is 4.79 Å². The number of carbonyl (C=O) groups is 1. The molecular weight excluding hydrogens is 285 g/mol. The van der Waals surface area contributed by atoms with Gasteiger partial charge in [0.25, 0.3) is 0 Å². The lowest BCUT2D eigenvalue weighted by Gasteiger charge is -2.02. The van der Waals surface area contributed by atoms with Gasteiger partial charge in [0.15, 0.2) is 0 Å². The highest BCUT2D eigenvalue weighted by Gasteiger charge is 2.02. The summed E-state index contributed by atoms with van der Waals surface area (Å²) < 4.78 is 2.54. The summed E-state index contributed by atoms with van der Waals surface area (Å²) in [6.07, 6.45) is 3.46. The highest BCUT2D eigenvalue weighted by molar-refractivity contribution is 14.1. The van der Waals surface area contributed by atoms with Gasteiger partial charge in [-0.05, 0) is 22.6 Å². The highest BCUT2D eigenvalue weighted by atomic mass is 127. The molecule has 0 atom stereocenters. The molecule has 0 saturated carbocycles. The normalized spacial score (nSPS) is 10.0. The fraction of sp³-hybridized carbons (Fsp3) is 0.429. The molecule has 1 rings (SSSR count). The number of carbonyl (C=O) groups excluding carboxylic acids is 1. The number of nitrogens with one attached hydrogen (secondary N) is 1. The molecule has 5 nitrogen and oxygen atoms in total. The molecule has 6 heteroatoms. The van der Waals surface area contributed by atoms with Crippen molar-refractivity contribution in [1.82, 2.24) is 15.1 Å². The number of amides is 1. The van der Waals surface area contributed by atoms with Gasteiger partial charge >= 0.3 is 0 Å². The van der Waals surface area contributed by atoms with Crippen LogP contribution in [0.3, 0.4) is 0 Å². The molecule has 13 heavy (non-hydrogen) atoms. The van der Waals surface area contributed by atoms with Gasteiger partial charge in [-0.2, -0.15) is 5.10 Å². The molecule has 0 aliphatic heterocycles. The fourth-order valence-electron chi connectivity index (χ4n) is 0.823. The average Bonchev–Trinajstić information content (AvgIpc) is 2.48. The molecule has 0 aliphatic carbocycles. The first-order valence-electron chi connectivity index (χ1n) is 3.78. The summed E-state index contributed by atoms with van der Waals surface area (Å²) in [5, 5.41) is 14.9. The lowest BCUT2D eigenvalue weighted by Crippen LogP contribution is -2.30. The van der Waals surface area contributed by atoms with Gasteiger partial charge in [-0.25, -0.2) is 0 Å². The van der Waals surface area contributed by atoms with Crippen LogP contribution in [0.4, 0.5) is 0 Å². The number of rotatable bonds is 4. The Kier molecular flexibility index (Phi) is 4.16. The number of nitrogens with zero attached hydrogens (tertiary/aromatic N) is 2. The first-order chi connectivity index (χ1) is 6.22. The lowest BCUT2D eigenvalue weighted by molar-refractivity contribution is -0.122. The Bertz CT molecular complexity index is 287. The first-order valence-corrected chi connectivity index (χ1v) is 4.86. The number of hydrogen-bond acceptors (Lipinski definition) is 3. The van der Waals surface area contributed by atoms with E-state index in [4.69, 9.17) is 5.11 Å². The van der Waals surface area contributed by atoms with Crippen LogP contribution in [0.5, 0.6) is 0 Å². The van der Waals surface area contributed by atoms with Crippen LogP contribution in [0.1, 0.15) is 0 Å². The minimum Gasteiger partial charge on any atom is -0.395 e. The maximum Gasteiger partial charge on any atom is 0.241 e. The van der Waals surface area contributed by atoms with Crippen molar-refractivity contribution in [2.45, 2.75) is 6.54 Å². The van der Waals surface area contributed by atoms with Gasteiger partial charge in [0.1, 0.15) is 6.54 Å². The van der Waals surface area contributed by atoms with Gasteiger partial charge in [0, 0.05) is 12.7 Å². The van der Waals surface area contributed by atoms with Crippen LogP contribution >= 0.6 is 22.6 Å². The molecule has 1 amide bonds. The third kappa shape index (κ3) is 3.73. The van der Waals surface area contributed by atoms with E-state index in [1.165, 1.54) is 0 Å². The largest absolute Gasteiger partial charge is 0.395 e. The minimum absolute atomic E-state index is 0.0393. The Morgan fingerprint density at radius 3 is 3.08 bits per heavy atom. The molecule has 0 aliphatic rings. The molecule has 1 heterocycles. The number of aromatic nitrogens is 2. The topological polar surface area (TPSA) is 67.2 Å². The van der Waals surface area contributed by atoms with Gasteiger partial charge in [-0.1, -0.05) is 0 Å². The smallest absolute Gasteiger partial charge is 0.241 e. The molecular formula is C7H10IN3O2. The first kappa shape index (κ1) is 10.5. The van der Waals surface area contributed by atoms with Crippen molar-refractivity contribution >= 4 is 28.5 Å². The van der Waals surface area contributed by atoms with E-state index in [1.54, 1.807) is 17.1 Å². The van der Waals surface area contributed by atoms with Crippen molar-refractivity contribution in [2.24, 2.45) is 0 Å². The Morgan fingerprint density at radius 1 is 1.77 bits per heavy atom. The molecule has 0 spiro atoms. The van der Waals surface area contributed by atoms with E-state index in [1.807, 2.05) is 0 Å². The summed E-state index contributed by atoms with van der Waals surface area (Å²) in [5.74, 6) is -0.145. The Morgan fingerprint density at radius 2 is 2.54 bits per heavy atom. The van der Waals surface area contributed by atoms with Crippen LogP contribution in [0, 0.1) is 3.57 Å². The number of hydrogen-bond donors (Lipinski definition) is 2. The average molecular weight is 295 g/mol. The van der Waals surface area contributed by atoms with Crippen molar-refractivity contribution in [2.75, 3.05) is 13.2 Å². The van der Waals surface area contributed by atoms with E-state index in [-0.39, 0.29) is 25.6 Å². The standard InChI is InChI=1S/C7H10IN3O2/c8-6-3-10-11(4-6)5-7(13)9-1-2-12/h3-4,12H,1-2,5H2,(H,9,13). The van der Waals surface area contributed by atoms with Crippen molar-refractivity contribution in [3.05, 3.63) is 16.0 Å². The summed E-state index contributed by atoms with van der Waals surface area (Å²) in [6, 6.07) is 0. The van der Waals surface area contributed by atoms with Crippen molar-refractivity contribution in [1.29, 1.82) is 0 Å². The zero-order valence-corrected chi connectivity index (χ0v) is 9.06. The summed E-state index contributed by atoms with van der Waals surface area (Å²) >= 11 is 2.12. The monoisotopic (exact) mass is 295 g/mol. The minimum atomic E-state index is -0.145. The summed E-state index contributed by atoms with van der Waals surface area (Å²) in [5.41, 5.74) is 0. The van der Waals surface area contributed by atoms with Gasteiger partial charge in [-0.3, -0.25) is 9.48 Å². The zero-order chi connectivity index (χ0) is 9.68. The molecule has 1 aromatic rings. The van der Waals surface area contributed by atoms with Gasteiger partial charge < -0.3 is 10.4 Å². The maximum atomic E-state index is 11.1. The number of aliphatic hydroxyl groups excluding tert-OH is 1. The third-order valence-corrected chi connectivity index (χ3v) is 1.90. The Balaban J connectivity index is 2.36. The molecule has 72 valence electrons. The zero-order valence-electron chi connectivity index (χ0n) is 6.90. The van der Waals surface area contributed by atoms with Crippen LogP contribution < -0.4 is 5.32 Å². The predicted molar refractivity (Wildman–Crippen MR) is 55.0 cm³/mol. The molecule has 0 fully saturated rings. The third-order valence-electron chi connectivity index (χ3n) is 1.34.